The van der Waals surface area contributed by atoms with Gasteiger partial charge >= 0.3 is 11.8 Å². The second-order valence-electron chi connectivity index (χ2n) is 6.50. The van der Waals surface area contributed by atoms with Gasteiger partial charge in [0.1, 0.15) is 6.10 Å². The van der Waals surface area contributed by atoms with Crippen molar-refractivity contribution < 1.29 is 17.6 Å². The van der Waals surface area contributed by atoms with Gasteiger partial charge in [0.05, 0.1) is 17.0 Å². The van der Waals surface area contributed by atoms with E-state index in [4.69, 9.17) is 9.15 Å². The number of aryl methyl sites for hydroxylation is 2. The first kappa shape index (κ1) is 17.7. The summed E-state index contributed by atoms with van der Waals surface area (Å²) in [4.78, 5) is 22.3. The second-order valence-corrected chi connectivity index (χ2v) is 8.44. The van der Waals surface area contributed by atoms with Crippen molar-refractivity contribution >= 4 is 21.1 Å². The highest BCUT2D eigenvalue weighted by Crippen LogP contribution is 2.25. The number of nitrogens with one attached hydrogen (secondary N) is 1. The first-order chi connectivity index (χ1) is 12.8. The van der Waals surface area contributed by atoms with Gasteiger partial charge in [-0.15, -0.1) is 0 Å². The van der Waals surface area contributed by atoms with Gasteiger partial charge < -0.3 is 9.15 Å². The van der Waals surface area contributed by atoms with Gasteiger partial charge in [-0.2, -0.15) is 4.31 Å². The molecule has 3 aromatic rings. The number of aromatic amines is 1. The number of H-pyrrole nitrogens is 1. The van der Waals surface area contributed by atoms with Crippen LogP contribution in [-0.2, 0) is 10.0 Å². The fourth-order valence-corrected chi connectivity index (χ4v) is 4.66. The minimum absolute atomic E-state index is 0.0929. The summed E-state index contributed by atoms with van der Waals surface area (Å²) in [5, 5.41) is 0. The summed E-state index contributed by atoms with van der Waals surface area (Å²) in [7, 11) is -3.71. The van der Waals surface area contributed by atoms with Crippen molar-refractivity contribution in [3.63, 3.8) is 0 Å². The van der Waals surface area contributed by atoms with Gasteiger partial charge in [0, 0.05) is 17.9 Å². The number of nitrogens with zero attached hydrogens (tertiary/aromatic N) is 3. The van der Waals surface area contributed by atoms with Crippen molar-refractivity contribution in [2.24, 2.45) is 0 Å². The van der Waals surface area contributed by atoms with Crippen molar-refractivity contribution in [2.75, 3.05) is 13.1 Å². The van der Waals surface area contributed by atoms with E-state index in [-0.39, 0.29) is 23.6 Å². The van der Waals surface area contributed by atoms with Crippen LogP contribution in [0.2, 0.25) is 0 Å². The lowest BCUT2D eigenvalue weighted by atomic mass is 10.3. The maximum atomic E-state index is 12.9. The molecule has 4 rings (SSSR count). The lowest BCUT2D eigenvalue weighted by Crippen LogP contribution is -2.31. The van der Waals surface area contributed by atoms with Crippen LogP contribution in [0.4, 0.5) is 0 Å². The number of hydrogen-bond acceptors (Lipinski definition) is 7. The van der Waals surface area contributed by atoms with E-state index in [0.717, 1.165) is 11.4 Å². The Morgan fingerprint density at radius 1 is 1.22 bits per heavy atom. The summed E-state index contributed by atoms with van der Waals surface area (Å²) < 4.78 is 37.9. The van der Waals surface area contributed by atoms with Gasteiger partial charge in [-0.05, 0) is 44.5 Å². The van der Waals surface area contributed by atoms with E-state index < -0.39 is 15.8 Å². The van der Waals surface area contributed by atoms with Crippen molar-refractivity contribution in [1.29, 1.82) is 0 Å². The number of sulfonamides is 1. The average Bonchev–Trinajstić information content (AvgIpc) is 3.18. The molecule has 2 aromatic heterocycles. The van der Waals surface area contributed by atoms with E-state index in [1.807, 2.05) is 19.9 Å². The highest BCUT2D eigenvalue weighted by Gasteiger charge is 2.34. The van der Waals surface area contributed by atoms with E-state index in [1.54, 1.807) is 0 Å². The Kier molecular flexibility index (Phi) is 4.23. The number of oxazole rings is 1. The molecule has 0 spiro atoms. The molecular formula is C17H18N4O5S. The van der Waals surface area contributed by atoms with Crippen LogP contribution in [0.5, 0.6) is 6.01 Å². The summed E-state index contributed by atoms with van der Waals surface area (Å²) >= 11 is 0. The number of rotatable bonds is 4. The van der Waals surface area contributed by atoms with Crippen molar-refractivity contribution in [2.45, 2.75) is 31.3 Å². The number of fused-ring (bicyclic) bond motifs is 1. The molecule has 1 N–H and O–H groups in total. The van der Waals surface area contributed by atoms with Gasteiger partial charge in [-0.25, -0.2) is 23.2 Å². The lowest BCUT2D eigenvalue weighted by molar-refractivity contribution is 0.197. The molecule has 1 saturated heterocycles. The first-order valence-electron chi connectivity index (χ1n) is 8.43. The molecule has 0 radical (unpaired) electrons. The molecule has 9 nitrogen and oxygen atoms in total. The van der Waals surface area contributed by atoms with Crippen LogP contribution in [-0.4, -0.2) is 46.9 Å². The number of benzene rings is 1. The van der Waals surface area contributed by atoms with E-state index >= 15 is 0 Å². The molecule has 1 atom stereocenters. The van der Waals surface area contributed by atoms with Gasteiger partial charge in [-0.3, -0.25) is 4.98 Å². The largest absolute Gasteiger partial charge is 0.459 e. The molecule has 0 amide bonds. The molecular weight excluding hydrogens is 372 g/mol. The maximum Gasteiger partial charge on any atom is 0.417 e. The third-order valence-corrected chi connectivity index (χ3v) is 6.23. The quantitative estimate of drug-likeness (QED) is 0.715. The van der Waals surface area contributed by atoms with Gasteiger partial charge in [0.15, 0.2) is 5.58 Å². The van der Waals surface area contributed by atoms with Crippen LogP contribution in [0.3, 0.4) is 0 Å². The molecule has 142 valence electrons. The Hall–Kier alpha value is -2.72. The van der Waals surface area contributed by atoms with Crippen molar-refractivity contribution in [3.8, 4) is 6.01 Å². The average molecular weight is 390 g/mol. The lowest BCUT2D eigenvalue weighted by Gasteiger charge is -2.17. The molecule has 3 heterocycles. The monoisotopic (exact) mass is 390 g/mol. The molecule has 1 fully saturated rings. The fraction of sp³-hybridized carbons (Fsp3) is 0.353. The molecule has 27 heavy (non-hydrogen) atoms. The summed E-state index contributed by atoms with van der Waals surface area (Å²) in [6.07, 6.45) is 0.221. The van der Waals surface area contributed by atoms with Crippen LogP contribution >= 0.6 is 0 Å². The van der Waals surface area contributed by atoms with Crippen LogP contribution in [0.1, 0.15) is 17.8 Å². The summed E-state index contributed by atoms with van der Waals surface area (Å²) in [6, 6.07) is 6.39. The smallest absolute Gasteiger partial charge is 0.417 e. The Morgan fingerprint density at radius 3 is 2.70 bits per heavy atom. The Morgan fingerprint density at radius 2 is 1.96 bits per heavy atom. The molecule has 1 aromatic carbocycles. The predicted molar refractivity (Wildman–Crippen MR) is 96.1 cm³/mol. The first-order valence-corrected chi connectivity index (χ1v) is 9.87. The van der Waals surface area contributed by atoms with E-state index in [9.17, 15) is 13.2 Å². The van der Waals surface area contributed by atoms with Crippen molar-refractivity contribution in [3.05, 3.63) is 46.2 Å². The number of hydrogen-bond donors (Lipinski definition) is 1. The molecule has 0 aliphatic carbocycles. The van der Waals surface area contributed by atoms with Gasteiger partial charge in [0.25, 0.3) is 0 Å². The minimum Gasteiger partial charge on any atom is -0.459 e. The molecule has 0 bridgehead atoms. The SMILES string of the molecule is Cc1cc(C)nc(O[C@@H]2CCN(S(=O)(=O)c3ccc4oc(=O)[nH]c4c3)C2)n1. The van der Waals surface area contributed by atoms with Gasteiger partial charge in [-0.1, -0.05) is 0 Å². The molecule has 0 unspecified atom stereocenters. The van der Waals surface area contributed by atoms with E-state index in [1.165, 1.54) is 22.5 Å². The number of aromatic nitrogens is 3. The number of ether oxygens (including phenoxy) is 1. The Balaban J connectivity index is 1.53. The maximum absolute atomic E-state index is 12.9. The highest BCUT2D eigenvalue weighted by molar-refractivity contribution is 7.89. The summed E-state index contributed by atoms with van der Waals surface area (Å²) in [5.41, 5.74) is 2.25. The molecule has 1 aliphatic rings. The third-order valence-electron chi connectivity index (χ3n) is 4.37. The topological polar surface area (TPSA) is 118 Å². The Bertz CT molecular complexity index is 1150. The zero-order valence-electron chi connectivity index (χ0n) is 14.8. The van der Waals surface area contributed by atoms with E-state index in [0.29, 0.717) is 24.1 Å². The zero-order valence-corrected chi connectivity index (χ0v) is 15.6. The summed E-state index contributed by atoms with van der Waals surface area (Å²) in [5.74, 6) is -0.623. The van der Waals surface area contributed by atoms with Crippen LogP contribution in [0.15, 0.2) is 38.4 Å². The molecule has 0 saturated carbocycles. The molecule has 10 heteroatoms. The molecule has 1 aliphatic heterocycles. The second kappa shape index (κ2) is 6.46. The van der Waals surface area contributed by atoms with Crippen LogP contribution in [0, 0.1) is 13.8 Å². The fourth-order valence-electron chi connectivity index (χ4n) is 3.15. The standard InChI is InChI=1S/C17H18N4O5S/c1-10-7-11(2)19-16(18-10)25-12-5-6-21(9-12)27(23,24)13-3-4-15-14(8-13)20-17(22)26-15/h3-4,7-8,12H,5-6,9H2,1-2H3,(H,20,22)/t12-/m1/s1. The third kappa shape index (κ3) is 3.45. The summed E-state index contributed by atoms with van der Waals surface area (Å²) in [6.45, 7) is 4.24. The predicted octanol–water partition coefficient (Wildman–Crippen LogP) is 1.37. The highest BCUT2D eigenvalue weighted by atomic mass is 32.2. The van der Waals surface area contributed by atoms with Gasteiger partial charge in [0.2, 0.25) is 10.0 Å². The Labute approximate surface area is 155 Å². The van der Waals surface area contributed by atoms with Crippen LogP contribution in [0.25, 0.3) is 11.1 Å². The van der Waals surface area contributed by atoms with E-state index in [2.05, 4.69) is 15.0 Å². The van der Waals surface area contributed by atoms with Crippen LogP contribution < -0.4 is 10.5 Å². The normalized spacial score (nSPS) is 18.2. The zero-order chi connectivity index (χ0) is 19.2. The van der Waals surface area contributed by atoms with Crippen molar-refractivity contribution in [1.82, 2.24) is 19.3 Å². The minimum atomic E-state index is -3.71.